The van der Waals surface area contributed by atoms with E-state index in [0.717, 1.165) is 12.2 Å². The highest BCUT2D eigenvalue weighted by molar-refractivity contribution is 5.75. The van der Waals surface area contributed by atoms with Crippen LogP contribution in [0.4, 0.5) is 5.69 Å². The number of esters is 1. The molecule has 0 aliphatic heterocycles. The third-order valence-electron chi connectivity index (χ3n) is 2.89. The summed E-state index contributed by atoms with van der Waals surface area (Å²) in [5.74, 6) is -0.323. The fourth-order valence-corrected chi connectivity index (χ4v) is 1.81. The molecule has 1 rings (SSSR count). The molecule has 18 heavy (non-hydrogen) atoms. The van der Waals surface area contributed by atoms with Crippen molar-refractivity contribution in [3.05, 3.63) is 29.8 Å². The van der Waals surface area contributed by atoms with Gasteiger partial charge in [0.15, 0.2) is 0 Å². The number of carbonyl (C=O) groups excluding carboxylic acids is 1. The van der Waals surface area contributed by atoms with Crippen LogP contribution < -0.4 is 10.6 Å². The molecule has 4 heteroatoms. The Morgan fingerprint density at radius 1 is 1.44 bits per heavy atom. The molecule has 1 atom stereocenters. The minimum absolute atomic E-state index is 0.323. The number of hydrogen-bond acceptors (Lipinski definition) is 4. The Hall–Kier alpha value is -1.55. The molecule has 0 fully saturated rings. The van der Waals surface area contributed by atoms with Gasteiger partial charge >= 0.3 is 5.97 Å². The SMILES string of the molecule is CCOC(=O)C(N)CCN(C)c1ccccc1C. The smallest absolute Gasteiger partial charge is 0.322 e. The second-order valence-electron chi connectivity index (χ2n) is 4.36. The van der Waals surface area contributed by atoms with Gasteiger partial charge in [-0.3, -0.25) is 4.79 Å². The fourth-order valence-electron chi connectivity index (χ4n) is 1.81. The topological polar surface area (TPSA) is 55.6 Å². The van der Waals surface area contributed by atoms with Crippen molar-refractivity contribution < 1.29 is 9.53 Å². The lowest BCUT2D eigenvalue weighted by molar-refractivity contribution is -0.144. The number of nitrogens with zero attached hydrogens (tertiary/aromatic N) is 1. The molecule has 1 unspecified atom stereocenters. The summed E-state index contributed by atoms with van der Waals surface area (Å²) in [5, 5.41) is 0. The summed E-state index contributed by atoms with van der Waals surface area (Å²) in [4.78, 5) is 13.5. The molecule has 2 N–H and O–H groups in total. The minimum Gasteiger partial charge on any atom is -0.465 e. The molecule has 0 saturated carbocycles. The normalized spacial score (nSPS) is 12.0. The van der Waals surface area contributed by atoms with Gasteiger partial charge < -0.3 is 15.4 Å². The summed E-state index contributed by atoms with van der Waals surface area (Å²) in [6, 6.07) is 7.60. The molecule has 0 radical (unpaired) electrons. The van der Waals surface area contributed by atoms with E-state index in [-0.39, 0.29) is 5.97 Å². The van der Waals surface area contributed by atoms with Crippen molar-refractivity contribution in [2.24, 2.45) is 5.73 Å². The third kappa shape index (κ3) is 4.04. The number of nitrogens with two attached hydrogens (primary N) is 1. The lowest BCUT2D eigenvalue weighted by Gasteiger charge is -2.22. The molecular formula is C14H22N2O2. The summed E-state index contributed by atoms with van der Waals surface area (Å²) in [7, 11) is 2.00. The van der Waals surface area contributed by atoms with E-state index in [1.807, 2.05) is 19.2 Å². The van der Waals surface area contributed by atoms with Crippen molar-refractivity contribution in [3.63, 3.8) is 0 Å². The quantitative estimate of drug-likeness (QED) is 0.781. The van der Waals surface area contributed by atoms with Gasteiger partial charge in [0.05, 0.1) is 6.61 Å². The largest absolute Gasteiger partial charge is 0.465 e. The van der Waals surface area contributed by atoms with E-state index < -0.39 is 6.04 Å². The Balaban J connectivity index is 2.49. The number of benzene rings is 1. The summed E-state index contributed by atoms with van der Waals surface area (Å²) in [6.07, 6.45) is 0.587. The molecule has 0 bridgehead atoms. The second kappa shape index (κ2) is 7.01. The molecule has 4 nitrogen and oxygen atoms in total. The van der Waals surface area contributed by atoms with Crippen LogP contribution in [0.1, 0.15) is 18.9 Å². The summed E-state index contributed by atoms with van der Waals surface area (Å²) in [6.45, 7) is 4.95. The fraction of sp³-hybridized carbons (Fsp3) is 0.500. The number of hydrogen-bond donors (Lipinski definition) is 1. The Morgan fingerprint density at radius 2 is 2.11 bits per heavy atom. The zero-order valence-corrected chi connectivity index (χ0v) is 11.3. The molecule has 1 aromatic rings. The average Bonchev–Trinajstić information content (AvgIpc) is 2.36. The van der Waals surface area contributed by atoms with Gasteiger partial charge in [0.2, 0.25) is 0 Å². The van der Waals surface area contributed by atoms with Crippen LogP contribution in [0.25, 0.3) is 0 Å². The lowest BCUT2D eigenvalue weighted by atomic mass is 10.1. The number of anilines is 1. The van der Waals surface area contributed by atoms with E-state index in [0.29, 0.717) is 13.0 Å². The van der Waals surface area contributed by atoms with Crippen molar-refractivity contribution in [3.8, 4) is 0 Å². The predicted octanol–water partition coefficient (Wildman–Crippen LogP) is 1.71. The average molecular weight is 250 g/mol. The van der Waals surface area contributed by atoms with Gasteiger partial charge in [0.25, 0.3) is 0 Å². The first-order valence-electron chi connectivity index (χ1n) is 6.25. The van der Waals surface area contributed by atoms with Crippen molar-refractivity contribution in [2.45, 2.75) is 26.3 Å². The molecule has 0 aliphatic carbocycles. The number of ether oxygens (including phenoxy) is 1. The minimum atomic E-state index is -0.545. The molecule has 0 spiro atoms. The molecule has 0 aliphatic rings. The van der Waals surface area contributed by atoms with Crippen molar-refractivity contribution in [1.82, 2.24) is 0 Å². The first kappa shape index (κ1) is 14.5. The zero-order valence-electron chi connectivity index (χ0n) is 11.3. The van der Waals surface area contributed by atoms with Gasteiger partial charge in [-0.15, -0.1) is 0 Å². The van der Waals surface area contributed by atoms with Gasteiger partial charge in [-0.1, -0.05) is 18.2 Å². The third-order valence-corrected chi connectivity index (χ3v) is 2.89. The molecule has 1 aromatic carbocycles. The van der Waals surface area contributed by atoms with Gasteiger partial charge in [0.1, 0.15) is 6.04 Å². The number of aryl methyl sites for hydroxylation is 1. The predicted molar refractivity (Wildman–Crippen MR) is 73.7 cm³/mol. The van der Waals surface area contributed by atoms with Crippen LogP contribution in [0.2, 0.25) is 0 Å². The molecule has 100 valence electrons. The highest BCUT2D eigenvalue weighted by Gasteiger charge is 2.15. The van der Waals surface area contributed by atoms with Gasteiger partial charge in [-0.2, -0.15) is 0 Å². The van der Waals surface area contributed by atoms with Crippen molar-refractivity contribution in [1.29, 1.82) is 0 Å². The van der Waals surface area contributed by atoms with Gasteiger partial charge in [0, 0.05) is 19.3 Å². The van der Waals surface area contributed by atoms with E-state index in [4.69, 9.17) is 10.5 Å². The molecule has 0 aromatic heterocycles. The van der Waals surface area contributed by atoms with Crippen LogP contribution in [0, 0.1) is 6.92 Å². The van der Waals surface area contributed by atoms with Crippen molar-refractivity contribution in [2.75, 3.05) is 25.1 Å². The van der Waals surface area contributed by atoms with Crippen LogP contribution in [0.3, 0.4) is 0 Å². The Bertz CT molecular complexity index is 393. The highest BCUT2D eigenvalue weighted by atomic mass is 16.5. The van der Waals surface area contributed by atoms with Crippen LogP contribution in [-0.2, 0) is 9.53 Å². The lowest BCUT2D eigenvalue weighted by Crippen LogP contribution is -2.36. The van der Waals surface area contributed by atoms with E-state index in [9.17, 15) is 4.79 Å². The maximum Gasteiger partial charge on any atom is 0.322 e. The summed E-state index contributed by atoms with van der Waals surface area (Å²) < 4.78 is 4.88. The van der Waals surface area contributed by atoms with Crippen LogP contribution in [0.5, 0.6) is 0 Å². The standard InChI is InChI=1S/C14H22N2O2/c1-4-18-14(17)12(15)9-10-16(3)13-8-6-5-7-11(13)2/h5-8,12H,4,9-10,15H2,1-3H3. The molecular weight excluding hydrogens is 228 g/mol. The number of carbonyl (C=O) groups is 1. The first-order valence-corrected chi connectivity index (χ1v) is 6.25. The van der Waals surface area contributed by atoms with Crippen LogP contribution in [0.15, 0.2) is 24.3 Å². The molecule has 0 saturated heterocycles. The Morgan fingerprint density at radius 3 is 2.72 bits per heavy atom. The Labute approximate surface area is 109 Å². The number of rotatable bonds is 6. The van der Waals surface area contributed by atoms with Crippen LogP contribution >= 0.6 is 0 Å². The maximum atomic E-state index is 11.4. The maximum absolute atomic E-state index is 11.4. The summed E-state index contributed by atoms with van der Waals surface area (Å²) >= 11 is 0. The number of para-hydroxylation sites is 1. The van der Waals surface area contributed by atoms with E-state index in [1.54, 1.807) is 6.92 Å². The zero-order chi connectivity index (χ0) is 13.5. The second-order valence-corrected chi connectivity index (χ2v) is 4.36. The molecule has 0 heterocycles. The van der Waals surface area contributed by atoms with E-state index >= 15 is 0 Å². The molecule has 0 amide bonds. The van der Waals surface area contributed by atoms with Crippen molar-refractivity contribution >= 4 is 11.7 Å². The van der Waals surface area contributed by atoms with Gasteiger partial charge in [-0.25, -0.2) is 0 Å². The first-order chi connectivity index (χ1) is 8.56. The van der Waals surface area contributed by atoms with E-state index in [2.05, 4.69) is 24.0 Å². The Kier molecular flexibility index (Phi) is 5.65. The van der Waals surface area contributed by atoms with E-state index in [1.165, 1.54) is 5.56 Å². The van der Waals surface area contributed by atoms with Gasteiger partial charge in [-0.05, 0) is 31.9 Å². The monoisotopic (exact) mass is 250 g/mol. The van der Waals surface area contributed by atoms with Crippen LogP contribution in [-0.4, -0.2) is 32.2 Å². The summed E-state index contributed by atoms with van der Waals surface area (Å²) in [5.41, 5.74) is 8.14. The highest BCUT2D eigenvalue weighted by Crippen LogP contribution is 2.17.